The molecular formula is C25H26N2O5. The smallest absolute Gasteiger partial charge is 0.409 e. The topological polar surface area (TPSA) is 92.9 Å². The number of rotatable bonds is 6. The van der Waals surface area contributed by atoms with Gasteiger partial charge in [0.15, 0.2) is 0 Å². The van der Waals surface area contributed by atoms with Gasteiger partial charge in [0.1, 0.15) is 5.76 Å². The molecule has 2 aromatic carbocycles. The minimum absolute atomic E-state index is 0.192. The van der Waals surface area contributed by atoms with Gasteiger partial charge in [-0.25, -0.2) is 9.78 Å². The fraction of sp³-hybridized carbons (Fsp3) is 0.320. The fourth-order valence-corrected chi connectivity index (χ4v) is 3.85. The minimum Gasteiger partial charge on any atom is -0.481 e. The SMILES string of the molecule is Cc1oc(-c2ccc(-c3ccccc3)cc2)nc1CCOC(=O)N1CCC(C(=O)O)CC1. The molecule has 1 amide bonds. The highest BCUT2D eigenvalue weighted by Gasteiger charge is 2.27. The number of carboxylic acids is 1. The van der Waals surface area contributed by atoms with Gasteiger partial charge in [0.25, 0.3) is 0 Å². The first-order chi connectivity index (χ1) is 15.5. The molecule has 1 fully saturated rings. The van der Waals surface area contributed by atoms with E-state index in [2.05, 4.69) is 17.1 Å². The molecular weight excluding hydrogens is 408 g/mol. The van der Waals surface area contributed by atoms with Gasteiger partial charge in [0.2, 0.25) is 5.89 Å². The first kappa shape index (κ1) is 21.6. The molecule has 7 heteroatoms. The average molecular weight is 434 g/mol. The van der Waals surface area contributed by atoms with Crippen molar-refractivity contribution in [1.82, 2.24) is 9.88 Å². The van der Waals surface area contributed by atoms with Gasteiger partial charge in [-0.15, -0.1) is 0 Å². The lowest BCUT2D eigenvalue weighted by atomic mass is 9.97. The quantitative estimate of drug-likeness (QED) is 0.599. The van der Waals surface area contributed by atoms with Crippen LogP contribution in [0.5, 0.6) is 0 Å². The monoisotopic (exact) mass is 434 g/mol. The summed E-state index contributed by atoms with van der Waals surface area (Å²) >= 11 is 0. The molecule has 7 nitrogen and oxygen atoms in total. The highest BCUT2D eigenvalue weighted by molar-refractivity contribution is 5.72. The molecule has 166 valence electrons. The highest BCUT2D eigenvalue weighted by atomic mass is 16.6. The number of ether oxygens (including phenoxy) is 1. The fourth-order valence-electron chi connectivity index (χ4n) is 3.85. The number of aryl methyl sites for hydroxylation is 1. The van der Waals surface area contributed by atoms with Crippen LogP contribution in [0.4, 0.5) is 4.79 Å². The number of hydrogen-bond donors (Lipinski definition) is 1. The van der Waals surface area contributed by atoms with Crippen LogP contribution in [0, 0.1) is 12.8 Å². The van der Waals surface area contributed by atoms with Crippen LogP contribution in [-0.4, -0.2) is 46.7 Å². The molecule has 3 aromatic rings. The summed E-state index contributed by atoms with van der Waals surface area (Å²) < 4.78 is 11.2. The average Bonchev–Trinajstić information content (AvgIpc) is 3.20. The number of hydrogen-bond acceptors (Lipinski definition) is 5. The van der Waals surface area contributed by atoms with Gasteiger partial charge in [-0.2, -0.15) is 0 Å². The lowest BCUT2D eigenvalue weighted by Crippen LogP contribution is -2.40. The molecule has 0 atom stereocenters. The highest BCUT2D eigenvalue weighted by Crippen LogP contribution is 2.26. The van der Waals surface area contributed by atoms with Crippen molar-refractivity contribution in [2.24, 2.45) is 5.92 Å². The first-order valence-corrected chi connectivity index (χ1v) is 10.8. The zero-order valence-electron chi connectivity index (χ0n) is 18.0. The van der Waals surface area contributed by atoms with Crippen molar-refractivity contribution >= 4 is 12.1 Å². The number of nitrogens with zero attached hydrogens (tertiary/aromatic N) is 2. The van der Waals surface area contributed by atoms with Gasteiger partial charge in [-0.3, -0.25) is 4.79 Å². The third-order valence-electron chi connectivity index (χ3n) is 5.80. The molecule has 1 aliphatic rings. The van der Waals surface area contributed by atoms with Crippen molar-refractivity contribution in [2.45, 2.75) is 26.2 Å². The van der Waals surface area contributed by atoms with E-state index < -0.39 is 12.1 Å². The zero-order chi connectivity index (χ0) is 22.5. The molecule has 0 aliphatic carbocycles. The molecule has 0 saturated carbocycles. The van der Waals surface area contributed by atoms with Crippen molar-refractivity contribution in [3.8, 4) is 22.6 Å². The van der Waals surface area contributed by atoms with Crippen LogP contribution in [0.25, 0.3) is 22.6 Å². The van der Waals surface area contributed by atoms with Crippen LogP contribution in [0.1, 0.15) is 24.3 Å². The number of amides is 1. The summed E-state index contributed by atoms with van der Waals surface area (Å²) in [6.07, 6.45) is 0.958. The molecule has 1 saturated heterocycles. The number of carbonyl (C=O) groups excluding carboxylic acids is 1. The van der Waals surface area contributed by atoms with Crippen molar-refractivity contribution in [3.63, 3.8) is 0 Å². The molecule has 1 aromatic heterocycles. The van der Waals surface area contributed by atoms with Crippen LogP contribution in [0.15, 0.2) is 59.0 Å². The Morgan fingerprint density at radius 2 is 1.66 bits per heavy atom. The van der Waals surface area contributed by atoms with Crippen LogP contribution in [0.2, 0.25) is 0 Å². The minimum atomic E-state index is -0.801. The third kappa shape index (κ3) is 4.99. The summed E-state index contributed by atoms with van der Waals surface area (Å²) in [6, 6.07) is 18.2. The second kappa shape index (κ2) is 9.68. The maximum atomic E-state index is 12.2. The maximum absolute atomic E-state index is 12.2. The number of aromatic nitrogens is 1. The number of aliphatic carboxylic acids is 1. The number of oxazole rings is 1. The molecule has 0 radical (unpaired) electrons. The third-order valence-corrected chi connectivity index (χ3v) is 5.80. The van der Waals surface area contributed by atoms with E-state index in [0.29, 0.717) is 44.0 Å². The van der Waals surface area contributed by atoms with E-state index in [4.69, 9.17) is 14.3 Å². The summed E-state index contributed by atoms with van der Waals surface area (Å²) in [6.45, 7) is 2.85. The first-order valence-electron chi connectivity index (χ1n) is 10.8. The Kier molecular flexibility index (Phi) is 6.54. The van der Waals surface area contributed by atoms with Crippen LogP contribution < -0.4 is 0 Å². The van der Waals surface area contributed by atoms with Gasteiger partial charge in [-0.1, -0.05) is 42.5 Å². The van der Waals surface area contributed by atoms with E-state index >= 15 is 0 Å². The second-order valence-electron chi connectivity index (χ2n) is 7.93. The number of carbonyl (C=O) groups is 2. The Balaban J connectivity index is 1.31. The normalized spacial score (nSPS) is 14.3. The van der Waals surface area contributed by atoms with Crippen LogP contribution in [0.3, 0.4) is 0 Å². The lowest BCUT2D eigenvalue weighted by molar-refractivity contribution is -0.143. The largest absolute Gasteiger partial charge is 0.481 e. The van der Waals surface area contributed by atoms with Crippen molar-refractivity contribution in [3.05, 3.63) is 66.1 Å². The summed E-state index contributed by atoms with van der Waals surface area (Å²) in [4.78, 5) is 29.4. The summed E-state index contributed by atoms with van der Waals surface area (Å²) in [5.74, 6) is 0.0617. The molecule has 0 bridgehead atoms. The Morgan fingerprint density at radius 3 is 2.31 bits per heavy atom. The van der Waals surface area contributed by atoms with Gasteiger partial charge in [-0.05, 0) is 43.0 Å². The zero-order valence-corrected chi connectivity index (χ0v) is 18.0. The Morgan fingerprint density at radius 1 is 1.03 bits per heavy atom. The molecule has 0 unspecified atom stereocenters. The van der Waals surface area contributed by atoms with E-state index in [1.165, 1.54) is 0 Å². The number of carboxylic acid groups (broad SMARTS) is 1. The molecule has 0 spiro atoms. The van der Waals surface area contributed by atoms with Gasteiger partial charge >= 0.3 is 12.1 Å². The Labute approximate surface area is 186 Å². The van der Waals surface area contributed by atoms with Crippen molar-refractivity contribution < 1.29 is 23.8 Å². The van der Waals surface area contributed by atoms with Gasteiger partial charge < -0.3 is 19.2 Å². The van der Waals surface area contributed by atoms with E-state index in [-0.39, 0.29) is 12.5 Å². The predicted octanol–water partition coefficient (Wildman–Crippen LogP) is 4.79. The molecule has 1 aliphatic heterocycles. The standard InChI is InChI=1S/C25H26N2O5/c1-17-22(13-16-31-25(30)27-14-11-21(12-15-27)24(28)29)26-23(32-17)20-9-7-19(8-10-20)18-5-3-2-4-6-18/h2-10,21H,11-16H2,1H3,(H,28,29). The van der Waals surface area contributed by atoms with E-state index in [1.807, 2.05) is 49.4 Å². The van der Waals surface area contributed by atoms with E-state index in [0.717, 1.165) is 22.4 Å². The van der Waals surface area contributed by atoms with E-state index in [9.17, 15) is 9.59 Å². The predicted molar refractivity (Wildman–Crippen MR) is 119 cm³/mol. The van der Waals surface area contributed by atoms with E-state index in [1.54, 1.807) is 4.90 Å². The van der Waals surface area contributed by atoms with Crippen molar-refractivity contribution in [1.29, 1.82) is 0 Å². The molecule has 1 N–H and O–H groups in total. The van der Waals surface area contributed by atoms with Gasteiger partial charge in [0.05, 0.1) is 18.2 Å². The lowest BCUT2D eigenvalue weighted by Gasteiger charge is -2.29. The van der Waals surface area contributed by atoms with Crippen molar-refractivity contribution in [2.75, 3.05) is 19.7 Å². The molecule has 2 heterocycles. The van der Waals surface area contributed by atoms with Crippen LogP contribution >= 0.6 is 0 Å². The van der Waals surface area contributed by atoms with Crippen LogP contribution in [-0.2, 0) is 16.0 Å². The molecule has 32 heavy (non-hydrogen) atoms. The number of likely N-dealkylation sites (tertiary alicyclic amines) is 1. The van der Waals surface area contributed by atoms with Gasteiger partial charge in [0, 0.05) is 25.1 Å². The second-order valence-corrected chi connectivity index (χ2v) is 7.93. The summed E-state index contributed by atoms with van der Waals surface area (Å²) in [5, 5.41) is 9.06. The number of piperidine rings is 1. The summed E-state index contributed by atoms with van der Waals surface area (Å²) in [7, 11) is 0. The summed E-state index contributed by atoms with van der Waals surface area (Å²) in [5.41, 5.74) is 3.91. The maximum Gasteiger partial charge on any atom is 0.409 e. The molecule has 4 rings (SSSR count). The number of benzene rings is 2. The Bertz CT molecular complexity index is 1070. The Hall–Kier alpha value is -3.61.